The van der Waals surface area contributed by atoms with Gasteiger partial charge in [0.1, 0.15) is 23.4 Å². The van der Waals surface area contributed by atoms with Crippen molar-refractivity contribution in [2.75, 3.05) is 12.5 Å². The number of hydrogen-bond acceptors (Lipinski definition) is 7. The van der Waals surface area contributed by atoms with Gasteiger partial charge in [0.15, 0.2) is 5.65 Å². The highest BCUT2D eigenvalue weighted by molar-refractivity contribution is 7.90. The molecule has 9 nitrogen and oxygen atoms in total. The van der Waals surface area contributed by atoms with E-state index >= 15 is 0 Å². The first-order valence-electron chi connectivity index (χ1n) is 9.36. The number of aromatic nitrogens is 4. The molecule has 1 aromatic carbocycles. The Morgan fingerprint density at radius 3 is 2.60 bits per heavy atom. The van der Waals surface area contributed by atoms with E-state index in [9.17, 15) is 13.2 Å². The van der Waals surface area contributed by atoms with E-state index < -0.39 is 22.0 Å². The molecule has 0 aliphatic carbocycles. The van der Waals surface area contributed by atoms with Crippen molar-refractivity contribution in [3.8, 4) is 0 Å². The average Bonchev–Trinajstić information content (AvgIpc) is 3.35. The van der Waals surface area contributed by atoms with E-state index in [1.165, 1.54) is 25.8 Å². The summed E-state index contributed by atoms with van der Waals surface area (Å²) in [6, 6.07) is 7.75. The number of aryl methyl sites for hydroxylation is 1. The lowest BCUT2D eigenvalue weighted by molar-refractivity contribution is -0.141. The summed E-state index contributed by atoms with van der Waals surface area (Å²) in [6.07, 6.45) is 5.02. The van der Waals surface area contributed by atoms with Crippen LogP contribution in [-0.2, 0) is 19.6 Å². The summed E-state index contributed by atoms with van der Waals surface area (Å²) in [5.41, 5.74) is 5.51. The molecule has 30 heavy (non-hydrogen) atoms. The minimum absolute atomic E-state index is 0.177. The summed E-state index contributed by atoms with van der Waals surface area (Å²) in [5.74, 6) is -0.399. The number of benzene rings is 1. The smallest absolute Gasteiger partial charge is 0.329 e. The van der Waals surface area contributed by atoms with Gasteiger partial charge in [0.2, 0.25) is 0 Å². The maximum atomic E-state index is 13.2. The summed E-state index contributed by atoms with van der Waals surface area (Å²) in [5, 5.41) is 0.591. The van der Waals surface area contributed by atoms with Crippen LogP contribution in [0.5, 0.6) is 0 Å². The zero-order valence-electron chi connectivity index (χ0n) is 16.7. The Bertz CT molecular complexity index is 1340. The van der Waals surface area contributed by atoms with E-state index in [2.05, 4.69) is 15.4 Å². The Morgan fingerprint density at radius 2 is 1.93 bits per heavy atom. The Morgan fingerprint density at radius 1 is 1.20 bits per heavy atom. The van der Waals surface area contributed by atoms with Crippen molar-refractivity contribution in [2.24, 2.45) is 0 Å². The molecule has 0 bridgehead atoms. The van der Waals surface area contributed by atoms with Crippen molar-refractivity contribution in [3.63, 3.8) is 0 Å². The largest absolute Gasteiger partial charge is 0.467 e. The second-order valence-electron chi connectivity index (χ2n) is 6.89. The number of methoxy groups -OCH3 is 1. The standard InChI is InChI=1S/C20H21N5O4S/c1-4-16(20(26)29-3)23-24-12-22-17-11-21-19-15(18(17)24)9-10-25(19)30(27,28)14-7-5-13(2)6-8-14/h5-12,16,23H,4H2,1-3H3. The fourth-order valence-electron chi connectivity index (χ4n) is 3.30. The second kappa shape index (κ2) is 7.45. The summed E-state index contributed by atoms with van der Waals surface area (Å²) < 4.78 is 33.9. The molecule has 3 aromatic heterocycles. The van der Waals surface area contributed by atoms with Crippen LogP contribution in [0.4, 0.5) is 0 Å². The summed E-state index contributed by atoms with van der Waals surface area (Å²) in [4.78, 5) is 20.8. The minimum Gasteiger partial charge on any atom is -0.467 e. The number of fused-ring (bicyclic) bond motifs is 3. The molecule has 0 saturated carbocycles. The molecular weight excluding hydrogens is 406 g/mol. The van der Waals surface area contributed by atoms with Crippen LogP contribution in [-0.4, -0.2) is 46.2 Å². The maximum Gasteiger partial charge on any atom is 0.329 e. The van der Waals surface area contributed by atoms with E-state index in [0.29, 0.717) is 22.8 Å². The number of esters is 1. The number of pyridine rings is 1. The molecule has 0 amide bonds. The van der Waals surface area contributed by atoms with Crippen LogP contribution in [0.3, 0.4) is 0 Å². The molecule has 0 fully saturated rings. The third-order valence-corrected chi connectivity index (χ3v) is 6.63. The average molecular weight is 427 g/mol. The number of nitrogens with one attached hydrogen (secondary N) is 1. The minimum atomic E-state index is -3.82. The Balaban J connectivity index is 1.85. The normalized spacial score (nSPS) is 12.9. The zero-order valence-corrected chi connectivity index (χ0v) is 17.5. The third-order valence-electron chi connectivity index (χ3n) is 4.95. The quantitative estimate of drug-likeness (QED) is 0.471. The number of ether oxygens (including phenoxy) is 1. The van der Waals surface area contributed by atoms with Crippen molar-refractivity contribution in [2.45, 2.75) is 31.2 Å². The van der Waals surface area contributed by atoms with Crippen LogP contribution in [0, 0.1) is 6.92 Å². The molecule has 156 valence electrons. The summed E-state index contributed by atoms with van der Waals surface area (Å²) in [7, 11) is -2.49. The second-order valence-corrected chi connectivity index (χ2v) is 8.70. The highest BCUT2D eigenvalue weighted by Crippen LogP contribution is 2.26. The molecule has 1 unspecified atom stereocenters. The molecular formula is C20H21N5O4S. The lowest BCUT2D eigenvalue weighted by atomic mass is 10.2. The van der Waals surface area contributed by atoms with Gasteiger partial charge in [-0.05, 0) is 31.5 Å². The number of nitrogens with zero attached hydrogens (tertiary/aromatic N) is 4. The van der Waals surface area contributed by atoms with Crippen LogP contribution in [0.1, 0.15) is 18.9 Å². The SMILES string of the molecule is CCC(Nn1cnc2cnc3c(ccn3S(=O)(=O)c3ccc(C)cc3)c21)C(=O)OC. The van der Waals surface area contributed by atoms with E-state index in [4.69, 9.17) is 4.74 Å². The summed E-state index contributed by atoms with van der Waals surface area (Å²) in [6.45, 7) is 3.75. The molecule has 0 aliphatic heterocycles. The lowest BCUT2D eigenvalue weighted by Crippen LogP contribution is -2.35. The number of hydrogen-bond donors (Lipinski definition) is 1. The predicted octanol–water partition coefficient (Wildman–Crippen LogP) is 2.43. The molecule has 0 spiro atoms. The third kappa shape index (κ3) is 3.18. The van der Waals surface area contributed by atoms with E-state index in [-0.39, 0.29) is 10.5 Å². The van der Waals surface area contributed by atoms with Crippen LogP contribution in [0.25, 0.3) is 22.1 Å². The number of imidazole rings is 1. The van der Waals surface area contributed by atoms with Gasteiger partial charge in [0.25, 0.3) is 10.0 Å². The maximum absolute atomic E-state index is 13.2. The fourth-order valence-corrected chi connectivity index (χ4v) is 4.60. The topological polar surface area (TPSA) is 108 Å². The first-order valence-corrected chi connectivity index (χ1v) is 10.8. The van der Waals surface area contributed by atoms with E-state index in [1.807, 2.05) is 13.8 Å². The van der Waals surface area contributed by atoms with Gasteiger partial charge in [-0.25, -0.2) is 31.8 Å². The van der Waals surface area contributed by atoms with Gasteiger partial charge in [-0.1, -0.05) is 24.6 Å². The van der Waals surface area contributed by atoms with Crippen LogP contribution < -0.4 is 5.43 Å². The predicted molar refractivity (Wildman–Crippen MR) is 112 cm³/mol. The monoisotopic (exact) mass is 427 g/mol. The molecule has 0 saturated heterocycles. The first-order chi connectivity index (χ1) is 14.4. The fraction of sp³-hybridized carbons (Fsp3) is 0.250. The molecule has 4 aromatic rings. The van der Waals surface area contributed by atoms with Crippen LogP contribution in [0.2, 0.25) is 0 Å². The Hall–Kier alpha value is -3.40. The molecule has 0 aliphatic rings. The number of carbonyl (C=O) groups excluding carboxylic acids is 1. The van der Waals surface area contributed by atoms with Gasteiger partial charge in [-0.2, -0.15) is 0 Å². The van der Waals surface area contributed by atoms with Crippen molar-refractivity contribution < 1.29 is 17.9 Å². The van der Waals surface area contributed by atoms with Gasteiger partial charge >= 0.3 is 5.97 Å². The van der Waals surface area contributed by atoms with Crippen molar-refractivity contribution in [1.82, 2.24) is 18.6 Å². The Labute approximate surface area is 173 Å². The zero-order chi connectivity index (χ0) is 21.5. The van der Waals surface area contributed by atoms with Gasteiger partial charge in [-0.15, -0.1) is 0 Å². The lowest BCUT2D eigenvalue weighted by Gasteiger charge is -2.17. The van der Waals surface area contributed by atoms with Crippen molar-refractivity contribution in [1.29, 1.82) is 0 Å². The van der Waals surface area contributed by atoms with Gasteiger partial charge < -0.3 is 10.2 Å². The molecule has 10 heteroatoms. The van der Waals surface area contributed by atoms with Crippen LogP contribution >= 0.6 is 0 Å². The highest BCUT2D eigenvalue weighted by Gasteiger charge is 2.23. The summed E-state index contributed by atoms with van der Waals surface area (Å²) >= 11 is 0. The van der Waals surface area contributed by atoms with Gasteiger partial charge in [0, 0.05) is 11.6 Å². The van der Waals surface area contributed by atoms with Crippen molar-refractivity contribution in [3.05, 3.63) is 54.6 Å². The number of carbonyl (C=O) groups is 1. The van der Waals surface area contributed by atoms with Crippen LogP contribution in [0.15, 0.2) is 53.9 Å². The Kier molecular flexibility index (Phi) is 4.94. The van der Waals surface area contributed by atoms with E-state index in [1.54, 1.807) is 35.0 Å². The molecule has 3 heterocycles. The van der Waals surface area contributed by atoms with E-state index in [0.717, 1.165) is 9.54 Å². The molecule has 4 rings (SSSR count). The highest BCUT2D eigenvalue weighted by atomic mass is 32.2. The van der Waals surface area contributed by atoms with Crippen molar-refractivity contribution >= 4 is 38.1 Å². The first kappa shape index (κ1) is 19.9. The number of rotatable bonds is 6. The van der Waals surface area contributed by atoms with Gasteiger partial charge in [0.05, 0.1) is 18.2 Å². The molecule has 1 N–H and O–H groups in total. The molecule has 1 atom stereocenters. The molecule has 0 radical (unpaired) electrons. The van der Waals surface area contributed by atoms with Gasteiger partial charge in [-0.3, -0.25) is 0 Å².